The lowest BCUT2D eigenvalue weighted by Gasteiger charge is -2.17. The Morgan fingerprint density at radius 2 is 1.88 bits per heavy atom. The molecule has 0 bridgehead atoms. The van der Waals surface area contributed by atoms with Crippen molar-refractivity contribution < 1.29 is 5.11 Å². The van der Waals surface area contributed by atoms with E-state index >= 15 is 0 Å². The molecular weight excluding hydrogens is 208 g/mol. The van der Waals surface area contributed by atoms with Crippen LogP contribution in [0.1, 0.15) is 48.8 Å². The highest BCUT2D eigenvalue weighted by Gasteiger charge is 2.22. The topological polar surface area (TPSA) is 20.2 Å². The molecule has 1 aromatic rings. The molecule has 1 aromatic carbocycles. The van der Waals surface area contributed by atoms with E-state index in [4.69, 9.17) is 0 Å². The van der Waals surface area contributed by atoms with Crippen molar-refractivity contribution in [2.24, 2.45) is 5.92 Å². The van der Waals surface area contributed by atoms with Gasteiger partial charge in [0, 0.05) is 0 Å². The van der Waals surface area contributed by atoms with Gasteiger partial charge in [0.1, 0.15) is 0 Å². The van der Waals surface area contributed by atoms with E-state index in [0.717, 1.165) is 12.8 Å². The van der Waals surface area contributed by atoms with Crippen molar-refractivity contribution in [1.29, 1.82) is 0 Å². The highest BCUT2D eigenvalue weighted by Crippen LogP contribution is 2.29. The first kappa shape index (κ1) is 12.6. The largest absolute Gasteiger partial charge is 0.393 e. The van der Waals surface area contributed by atoms with Gasteiger partial charge in [-0.3, -0.25) is 0 Å². The molecule has 1 aliphatic carbocycles. The standard InChI is InChI=1S/C16H24O/c1-12-7-8-14(11-13(12)2)9-10-16(17)15-5-3-4-6-15/h7-8,11,15-17H,3-6,9-10H2,1-2H3. The zero-order valence-corrected chi connectivity index (χ0v) is 11.1. The predicted octanol–water partition coefficient (Wildman–Crippen LogP) is 3.79. The zero-order chi connectivity index (χ0) is 12.3. The molecule has 1 fully saturated rings. The smallest absolute Gasteiger partial charge is 0.0571 e. The molecule has 1 atom stereocenters. The summed E-state index contributed by atoms with van der Waals surface area (Å²) >= 11 is 0. The summed E-state index contributed by atoms with van der Waals surface area (Å²) in [5, 5.41) is 10.1. The van der Waals surface area contributed by atoms with Gasteiger partial charge in [-0.15, -0.1) is 0 Å². The molecule has 0 amide bonds. The number of hydrogen-bond acceptors (Lipinski definition) is 1. The van der Waals surface area contributed by atoms with Crippen molar-refractivity contribution in [3.05, 3.63) is 34.9 Å². The maximum absolute atomic E-state index is 10.1. The third-order valence-corrected chi connectivity index (χ3v) is 4.24. The molecule has 0 saturated heterocycles. The van der Waals surface area contributed by atoms with Crippen LogP contribution in [0.3, 0.4) is 0 Å². The Balaban J connectivity index is 1.86. The Bertz CT molecular complexity index is 364. The van der Waals surface area contributed by atoms with Gasteiger partial charge >= 0.3 is 0 Å². The minimum Gasteiger partial charge on any atom is -0.393 e. The summed E-state index contributed by atoms with van der Waals surface area (Å²) in [5.74, 6) is 0.571. The van der Waals surface area contributed by atoms with E-state index in [1.165, 1.54) is 42.4 Å². The van der Waals surface area contributed by atoms with Gasteiger partial charge in [0.25, 0.3) is 0 Å². The first-order valence-electron chi connectivity index (χ1n) is 6.91. The van der Waals surface area contributed by atoms with Gasteiger partial charge in [-0.25, -0.2) is 0 Å². The molecule has 1 N–H and O–H groups in total. The minimum absolute atomic E-state index is 0.0842. The first-order chi connectivity index (χ1) is 8.16. The monoisotopic (exact) mass is 232 g/mol. The highest BCUT2D eigenvalue weighted by atomic mass is 16.3. The van der Waals surface area contributed by atoms with Gasteiger partial charge in [0.15, 0.2) is 0 Å². The van der Waals surface area contributed by atoms with Crippen molar-refractivity contribution in [2.75, 3.05) is 0 Å². The second-order valence-corrected chi connectivity index (χ2v) is 5.57. The van der Waals surface area contributed by atoms with Crippen LogP contribution in [-0.2, 0) is 6.42 Å². The molecule has 0 radical (unpaired) electrons. The van der Waals surface area contributed by atoms with Crippen LogP contribution in [0.25, 0.3) is 0 Å². The summed E-state index contributed by atoms with van der Waals surface area (Å²) in [6.45, 7) is 4.30. The fourth-order valence-electron chi connectivity index (χ4n) is 2.85. The number of aliphatic hydroxyl groups is 1. The van der Waals surface area contributed by atoms with E-state index in [9.17, 15) is 5.11 Å². The molecule has 1 heteroatoms. The van der Waals surface area contributed by atoms with Crippen LogP contribution in [-0.4, -0.2) is 11.2 Å². The lowest BCUT2D eigenvalue weighted by molar-refractivity contribution is 0.102. The Morgan fingerprint density at radius 1 is 1.18 bits per heavy atom. The van der Waals surface area contributed by atoms with Gasteiger partial charge in [-0.05, 0) is 62.1 Å². The van der Waals surface area contributed by atoms with E-state index < -0.39 is 0 Å². The van der Waals surface area contributed by atoms with Crippen LogP contribution in [0.15, 0.2) is 18.2 Å². The van der Waals surface area contributed by atoms with E-state index in [1.807, 2.05) is 0 Å². The number of aliphatic hydroxyl groups excluding tert-OH is 1. The summed E-state index contributed by atoms with van der Waals surface area (Å²) in [6.07, 6.45) is 6.93. The van der Waals surface area contributed by atoms with Crippen LogP contribution >= 0.6 is 0 Å². The Hall–Kier alpha value is -0.820. The normalized spacial score (nSPS) is 18.5. The maximum Gasteiger partial charge on any atom is 0.0571 e. The third-order valence-electron chi connectivity index (χ3n) is 4.24. The quantitative estimate of drug-likeness (QED) is 0.837. The number of benzene rings is 1. The van der Waals surface area contributed by atoms with Crippen molar-refractivity contribution in [2.45, 2.75) is 58.5 Å². The van der Waals surface area contributed by atoms with Gasteiger partial charge in [0.2, 0.25) is 0 Å². The average Bonchev–Trinajstić information content (AvgIpc) is 2.84. The summed E-state index contributed by atoms with van der Waals surface area (Å²) < 4.78 is 0. The molecule has 1 nitrogen and oxygen atoms in total. The van der Waals surface area contributed by atoms with Gasteiger partial charge < -0.3 is 5.11 Å². The lowest BCUT2D eigenvalue weighted by atomic mass is 9.94. The molecule has 0 aliphatic heterocycles. The van der Waals surface area contributed by atoms with E-state index in [0.29, 0.717) is 5.92 Å². The van der Waals surface area contributed by atoms with Crippen LogP contribution in [0, 0.1) is 19.8 Å². The average molecular weight is 232 g/mol. The Labute approximate surface area is 105 Å². The van der Waals surface area contributed by atoms with E-state index in [-0.39, 0.29) is 6.10 Å². The first-order valence-corrected chi connectivity index (χ1v) is 6.91. The summed E-state index contributed by atoms with van der Waals surface area (Å²) in [7, 11) is 0. The summed E-state index contributed by atoms with van der Waals surface area (Å²) in [6, 6.07) is 6.65. The number of hydrogen-bond donors (Lipinski definition) is 1. The SMILES string of the molecule is Cc1ccc(CCC(O)C2CCCC2)cc1C. The van der Waals surface area contributed by atoms with Crippen LogP contribution in [0.4, 0.5) is 0 Å². The van der Waals surface area contributed by atoms with Gasteiger partial charge in [-0.2, -0.15) is 0 Å². The van der Waals surface area contributed by atoms with Crippen molar-refractivity contribution in [3.63, 3.8) is 0 Å². The fourth-order valence-corrected chi connectivity index (χ4v) is 2.85. The molecular formula is C16H24O. The molecule has 2 rings (SSSR count). The Kier molecular flexibility index (Phi) is 4.22. The summed E-state index contributed by atoms with van der Waals surface area (Å²) in [5.41, 5.74) is 4.08. The van der Waals surface area contributed by atoms with Crippen molar-refractivity contribution in [1.82, 2.24) is 0 Å². The number of aryl methyl sites for hydroxylation is 3. The fraction of sp³-hybridized carbons (Fsp3) is 0.625. The van der Waals surface area contributed by atoms with Gasteiger partial charge in [-0.1, -0.05) is 31.0 Å². The third kappa shape index (κ3) is 3.32. The molecule has 1 unspecified atom stereocenters. The minimum atomic E-state index is -0.0842. The molecule has 0 heterocycles. The van der Waals surface area contributed by atoms with E-state index in [2.05, 4.69) is 32.0 Å². The molecule has 1 aliphatic rings. The van der Waals surface area contributed by atoms with Crippen LogP contribution in [0.5, 0.6) is 0 Å². The van der Waals surface area contributed by atoms with Crippen LogP contribution in [0.2, 0.25) is 0 Å². The van der Waals surface area contributed by atoms with Gasteiger partial charge in [0.05, 0.1) is 6.10 Å². The lowest BCUT2D eigenvalue weighted by Crippen LogP contribution is -2.18. The molecule has 1 saturated carbocycles. The molecule has 17 heavy (non-hydrogen) atoms. The molecule has 0 aromatic heterocycles. The Morgan fingerprint density at radius 3 is 2.53 bits per heavy atom. The highest BCUT2D eigenvalue weighted by molar-refractivity contribution is 5.29. The molecule has 0 spiro atoms. The molecule has 94 valence electrons. The zero-order valence-electron chi connectivity index (χ0n) is 11.1. The van der Waals surface area contributed by atoms with Crippen molar-refractivity contribution >= 4 is 0 Å². The predicted molar refractivity (Wildman–Crippen MR) is 72.2 cm³/mol. The maximum atomic E-state index is 10.1. The van der Waals surface area contributed by atoms with Crippen molar-refractivity contribution in [3.8, 4) is 0 Å². The van der Waals surface area contributed by atoms with E-state index in [1.54, 1.807) is 0 Å². The van der Waals surface area contributed by atoms with Crippen LogP contribution < -0.4 is 0 Å². The number of rotatable bonds is 4. The second-order valence-electron chi connectivity index (χ2n) is 5.57. The second kappa shape index (κ2) is 5.68. The summed E-state index contributed by atoms with van der Waals surface area (Å²) in [4.78, 5) is 0.